The van der Waals surface area contributed by atoms with Gasteiger partial charge in [-0.3, -0.25) is 4.79 Å². The Morgan fingerprint density at radius 1 is 1.15 bits per heavy atom. The lowest BCUT2D eigenvalue weighted by Crippen LogP contribution is -2.46. The van der Waals surface area contributed by atoms with Gasteiger partial charge in [0.1, 0.15) is 4.32 Å². The summed E-state index contributed by atoms with van der Waals surface area (Å²) in [5.41, 5.74) is 0. The third kappa shape index (κ3) is 4.10. The second kappa shape index (κ2) is 7.12. The molecule has 0 unspecified atom stereocenters. The SMILES string of the molecule is C[C@@H]1C[C@@H](C)CN(C(=O)[C@H](C)SC(=S)N2CCCC2)C1. The molecule has 3 nitrogen and oxygen atoms in total. The number of thioether (sulfide) groups is 1. The van der Waals surface area contributed by atoms with Gasteiger partial charge >= 0.3 is 0 Å². The van der Waals surface area contributed by atoms with Crippen molar-refractivity contribution in [1.82, 2.24) is 9.80 Å². The van der Waals surface area contributed by atoms with Crippen molar-refractivity contribution in [3.63, 3.8) is 0 Å². The first-order valence-electron chi connectivity index (χ1n) is 7.71. The number of rotatable bonds is 2. The van der Waals surface area contributed by atoms with Gasteiger partial charge in [-0.15, -0.1) is 0 Å². The number of nitrogens with zero attached hydrogens (tertiary/aromatic N) is 2. The Bertz CT molecular complexity index is 359. The molecule has 0 aromatic rings. The quantitative estimate of drug-likeness (QED) is 0.731. The Hall–Kier alpha value is -0.290. The molecule has 5 heteroatoms. The van der Waals surface area contributed by atoms with Gasteiger partial charge in [-0.1, -0.05) is 37.8 Å². The van der Waals surface area contributed by atoms with Crippen LogP contribution in [0.1, 0.15) is 40.0 Å². The fourth-order valence-corrected chi connectivity index (χ4v) is 4.78. The van der Waals surface area contributed by atoms with Crippen molar-refractivity contribution in [3.8, 4) is 0 Å². The van der Waals surface area contributed by atoms with Crippen LogP contribution < -0.4 is 0 Å². The van der Waals surface area contributed by atoms with Crippen molar-refractivity contribution in [1.29, 1.82) is 0 Å². The van der Waals surface area contributed by atoms with Gasteiger partial charge in [-0.05, 0) is 38.0 Å². The van der Waals surface area contributed by atoms with Crippen molar-refractivity contribution in [2.45, 2.75) is 45.3 Å². The van der Waals surface area contributed by atoms with Crippen LogP contribution in [0, 0.1) is 11.8 Å². The molecule has 0 saturated carbocycles. The number of thiocarbonyl (C=S) groups is 1. The van der Waals surface area contributed by atoms with E-state index < -0.39 is 0 Å². The maximum atomic E-state index is 12.6. The zero-order valence-corrected chi connectivity index (χ0v) is 14.4. The van der Waals surface area contributed by atoms with Crippen molar-refractivity contribution in [2.24, 2.45) is 11.8 Å². The maximum Gasteiger partial charge on any atom is 0.235 e. The average molecular weight is 315 g/mol. The largest absolute Gasteiger partial charge is 0.358 e. The number of likely N-dealkylation sites (tertiary alicyclic amines) is 2. The molecule has 0 N–H and O–H groups in total. The van der Waals surface area contributed by atoms with Crippen LogP contribution in [-0.4, -0.2) is 51.5 Å². The van der Waals surface area contributed by atoms with Gasteiger partial charge in [0, 0.05) is 26.2 Å². The van der Waals surface area contributed by atoms with Gasteiger partial charge in [-0.25, -0.2) is 0 Å². The normalized spacial score (nSPS) is 28.6. The fourth-order valence-electron chi connectivity index (χ4n) is 3.28. The van der Waals surface area contributed by atoms with Crippen LogP contribution >= 0.6 is 24.0 Å². The van der Waals surface area contributed by atoms with E-state index in [2.05, 4.69) is 18.7 Å². The van der Waals surface area contributed by atoms with Crippen LogP contribution in [-0.2, 0) is 4.79 Å². The summed E-state index contributed by atoms with van der Waals surface area (Å²) < 4.78 is 0.904. The summed E-state index contributed by atoms with van der Waals surface area (Å²) in [6.07, 6.45) is 3.69. The smallest absolute Gasteiger partial charge is 0.235 e. The molecule has 2 rings (SSSR count). The second-order valence-electron chi connectivity index (χ2n) is 6.41. The Morgan fingerprint density at radius 2 is 1.70 bits per heavy atom. The molecule has 0 aromatic heterocycles. The Kier molecular flexibility index (Phi) is 5.73. The van der Waals surface area contributed by atoms with E-state index in [1.807, 2.05) is 11.8 Å². The van der Waals surface area contributed by atoms with E-state index in [9.17, 15) is 4.79 Å². The minimum absolute atomic E-state index is 0.0550. The standard InChI is InChI=1S/C15H26N2OS2/c1-11-8-12(2)10-17(9-11)14(18)13(3)20-15(19)16-6-4-5-7-16/h11-13H,4-10H2,1-3H3/t11-,12-,13+/m1/s1. The summed E-state index contributed by atoms with van der Waals surface area (Å²) in [6.45, 7) is 10.4. The predicted molar refractivity (Wildman–Crippen MR) is 90.0 cm³/mol. The van der Waals surface area contributed by atoms with E-state index in [0.29, 0.717) is 11.8 Å². The highest BCUT2D eigenvalue weighted by atomic mass is 32.2. The van der Waals surface area contributed by atoms with E-state index in [4.69, 9.17) is 12.2 Å². The lowest BCUT2D eigenvalue weighted by molar-refractivity contribution is -0.132. The molecule has 2 saturated heterocycles. The summed E-state index contributed by atoms with van der Waals surface area (Å²) in [4.78, 5) is 16.9. The molecule has 1 amide bonds. The van der Waals surface area contributed by atoms with Crippen molar-refractivity contribution in [2.75, 3.05) is 26.2 Å². The highest BCUT2D eigenvalue weighted by Crippen LogP contribution is 2.25. The van der Waals surface area contributed by atoms with Crippen LogP contribution in [0.15, 0.2) is 0 Å². The summed E-state index contributed by atoms with van der Waals surface area (Å²) in [5, 5.41) is -0.0550. The first-order valence-corrected chi connectivity index (χ1v) is 9.00. The maximum absolute atomic E-state index is 12.6. The predicted octanol–water partition coefficient (Wildman–Crippen LogP) is 2.99. The number of amides is 1. The first kappa shape index (κ1) is 16.1. The van der Waals surface area contributed by atoms with E-state index >= 15 is 0 Å². The molecule has 2 aliphatic heterocycles. The molecule has 0 bridgehead atoms. The van der Waals surface area contributed by atoms with Crippen LogP contribution in [0.25, 0.3) is 0 Å². The Morgan fingerprint density at radius 3 is 2.25 bits per heavy atom. The number of carbonyl (C=O) groups is 1. The Balaban J connectivity index is 1.86. The Labute approximate surface area is 132 Å². The highest BCUT2D eigenvalue weighted by Gasteiger charge is 2.29. The monoisotopic (exact) mass is 314 g/mol. The molecule has 0 aromatic carbocycles. The van der Waals surface area contributed by atoms with Gasteiger partial charge in [0.25, 0.3) is 0 Å². The average Bonchev–Trinajstić information content (AvgIpc) is 2.90. The summed E-state index contributed by atoms with van der Waals surface area (Å²) >= 11 is 7.04. The third-order valence-corrected chi connectivity index (χ3v) is 5.73. The lowest BCUT2D eigenvalue weighted by atomic mass is 9.92. The molecule has 2 aliphatic rings. The molecule has 2 fully saturated rings. The molecular weight excluding hydrogens is 288 g/mol. The minimum atomic E-state index is -0.0550. The molecule has 2 heterocycles. The zero-order chi connectivity index (χ0) is 14.7. The molecule has 0 spiro atoms. The molecule has 0 radical (unpaired) electrons. The molecule has 0 aliphatic carbocycles. The van der Waals surface area contributed by atoms with E-state index in [0.717, 1.165) is 30.5 Å². The van der Waals surface area contributed by atoms with Crippen LogP contribution in [0.3, 0.4) is 0 Å². The van der Waals surface area contributed by atoms with Crippen LogP contribution in [0.4, 0.5) is 0 Å². The zero-order valence-electron chi connectivity index (χ0n) is 12.8. The molecule has 20 heavy (non-hydrogen) atoms. The summed E-state index contributed by atoms with van der Waals surface area (Å²) in [6, 6.07) is 0. The molecular formula is C15H26N2OS2. The molecule has 114 valence electrons. The minimum Gasteiger partial charge on any atom is -0.358 e. The number of carbonyl (C=O) groups excluding carboxylic acids is 1. The van der Waals surface area contributed by atoms with Gasteiger partial charge in [-0.2, -0.15) is 0 Å². The van der Waals surface area contributed by atoms with E-state index in [-0.39, 0.29) is 11.2 Å². The van der Waals surface area contributed by atoms with Gasteiger partial charge in [0.2, 0.25) is 5.91 Å². The summed E-state index contributed by atoms with van der Waals surface area (Å²) in [5.74, 6) is 1.49. The molecule has 3 atom stereocenters. The van der Waals surface area contributed by atoms with Crippen LogP contribution in [0.5, 0.6) is 0 Å². The summed E-state index contributed by atoms with van der Waals surface area (Å²) in [7, 11) is 0. The lowest BCUT2D eigenvalue weighted by Gasteiger charge is -2.36. The van der Waals surface area contributed by atoms with Crippen molar-refractivity contribution >= 4 is 34.2 Å². The van der Waals surface area contributed by atoms with Gasteiger partial charge in [0.05, 0.1) is 5.25 Å². The van der Waals surface area contributed by atoms with Crippen molar-refractivity contribution < 1.29 is 4.79 Å². The van der Waals surface area contributed by atoms with E-state index in [1.54, 1.807) is 11.8 Å². The number of piperidine rings is 1. The fraction of sp³-hybridized carbons (Fsp3) is 0.867. The highest BCUT2D eigenvalue weighted by molar-refractivity contribution is 8.23. The topological polar surface area (TPSA) is 23.6 Å². The van der Waals surface area contributed by atoms with Crippen molar-refractivity contribution in [3.05, 3.63) is 0 Å². The third-order valence-electron chi connectivity index (χ3n) is 4.17. The second-order valence-corrected chi connectivity index (χ2v) is 8.38. The van der Waals surface area contributed by atoms with Gasteiger partial charge in [0.15, 0.2) is 0 Å². The number of hydrogen-bond donors (Lipinski definition) is 0. The number of hydrogen-bond acceptors (Lipinski definition) is 3. The van der Waals surface area contributed by atoms with Gasteiger partial charge < -0.3 is 9.80 Å². The first-order chi connectivity index (χ1) is 9.47. The van der Waals surface area contributed by atoms with E-state index in [1.165, 1.54) is 19.3 Å². The van der Waals surface area contributed by atoms with Crippen LogP contribution in [0.2, 0.25) is 0 Å².